The summed E-state index contributed by atoms with van der Waals surface area (Å²) in [6.45, 7) is 0.207. The van der Waals surface area contributed by atoms with Crippen molar-refractivity contribution in [3.05, 3.63) is 65.2 Å². The van der Waals surface area contributed by atoms with Gasteiger partial charge in [-0.1, -0.05) is 6.07 Å². The number of anilines is 1. The SMILES string of the molecule is Cn1cc(CNC(=O)c2c(NC(=O)c3cccc(C(F)(F)F)c3)cnn2C)cn1. The number of aryl methyl sites for hydroxylation is 2. The zero-order chi connectivity index (χ0) is 21.2. The van der Waals surface area contributed by atoms with Gasteiger partial charge < -0.3 is 10.6 Å². The molecule has 0 spiro atoms. The minimum absolute atomic E-state index is 0.0641. The summed E-state index contributed by atoms with van der Waals surface area (Å²) in [7, 11) is 3.26. The summed E-state index contributed by atoms with van der Waals surface area (Å²) in [6, 6.07) is 4.01. The highest BCUT2D eigenvalue weighted by Gasteiger charge is 2.31. The lowest BCUT2D eigenvalue weighted by molar-refractivity contribution is -0.137. The summed E-state index contributed by atoms with van der Waals surface area (Å²) in [5, 5.41) is 13.1. The van der Waals surface area contributed by atoms with E-state index in [0.29, 0.717) is 0 Å². The van der Waals surface area contributed by atoms with E-state index in [4.69, 9.17) is 0 Å². The predicted octanol–water partition coefficient (Wildman–Crippen LogP) is 2.35. The van der Waals surface area contributed by atoms with Crippen molar-refractivity contribution >= 4 is 17.5 Å². The number of halogens is 3. The zero-order valence-corrected chi connectivity index (χ0v) is 15.5. The third kappa shape index (κ3) is 4.62. The number of carbonyl (C=O) groups excluding carboxylic acids is 2. The van der Waals surface area contributed by atoms with Crippen LogP contribution in [0.2, 0.25) is 0 Å². The molecular formula is C18H17F3N6O2. The highest BCUT2D eigenvalue weighted by Crippen LogP contribution is 2.29. The fraction of sp³-hybridized carbons (Fsp3) is 0.222. The van der Waals surface area contributed by atoms with Crippen molar-refractivity contribution < 1.29 is 22.8 Å². The van der Waals surface area contributed by atoms with E-state index in [0.717, 1.165) is 23.8 Å². The number of hydrogen-bond acceptors (Lipinski definition) is 4. The topological polar surface area (TPSA) is 93.8 Å². The maximum Gasteiger partial charge on any atom is 0.416 e. The Balaban J connectivity index is 1.75. The van der Waals surface area contributed by atoms with E-state index in [9.17, 15) is 22.8 Å². The van der Waals surface area contributed by atoms with Crippen LogP contribution in [0.15, 0.2) is 42.9 Å². The van der Waals surface area contributed by atoms with Gasteiger partial charge in [0.1, 0.15) is 5.69 Å². The smallest absolute Gasteiger partial charge is 0.346 e. The van der Waals surface area contributed by atoms with Crippen molar-refractivity contribution in [3.63, 3.8) is 0 Å². The molecule has 0 aliphatic heterocycles. The number of benzene rings is 1. The molecule has 0 aliphatic rings. The third-order valence-electron chi connectivity index (χ3n) is 4.07. The van der Waals surface area contributed by atoms with Crippen molar-refractivity contribution in [1.29, 1.82) is 0 Å². The number of carbonyl (C=O) groups is 2. The molecule has 0 unspecified atom stereocenters. The van der Waals surface area contributed by atoms with E-state index in [2.05, 4.69) is 20.8 Å². The molecule has 0 aliphatic carbocycles. The standard InChI is InChI=1S/C18H17F3N6O2/c1-26-10-11(8-23-26)7-22-17(29)15-14(9-24-27(15)2)25-16(28)12-4-3-5-13(6-12)18(19,20)21/h3-6,8-10H,7H2,1-2H3,(H,22,29)(H,25,28). The average molecular weight is 406 g/mol. The van der Waals surface area contributed by atoms with Gasteiger partial charge in [-0.3, -0.25) is 19.0 Å². The second-order valence-electron chi connectivity index (χ2n) is 6.27. The maximum absolute atomic E-state index is 12.9. The van der Waals surface area contributed by atoms with Crippen molar-refractivity contribution in [2.24, 2.45) is 14.1 Å². The molecule has 0 bridgehead atoms. The quantitative estimate of drug-likeness (QED) is 0.680. The molecule has 152 valence electrons. The number of alkyl halides is 3. The third-order valence-corrected chi connectivity index (χ3v) is 4.07. The van der Waals surface area contributed by atoms with Crippen LogP contribution in [0.3, 0.4) is 0 Å². The van der Waals surface area contributed by atoms with Crippen LogP contribution < -0.4 is 10.6 Å². The average Bonchev–Trinajstić information content (AvgIpc) is 3.24. The summed E-state index contributed by atoms with van der Waals surface area (Å²) in [4.78, 5) is 24.9. The highest BCUT2D eigenvalue weighted by atomic mass is 19.4. The van der Waals surface area contributed by atoms with Crippen LogP contribution in [0.5, 0.6) is 0 Å². The Kier molecular flexibility index (Phi) is 5.39. The van der Waals surface area contributed by atoms with Crippen LogP contribution in [0.1, 0.15) is 32.0 Å². The largest absolute Gasteiger partial charge is 0.416 e. The lowest BCUT2D eigenvalue weighted by Crippen LogP contribution is -2.26. The van der Waals surface area contributed by atoms with Gasteiger partial charge in [0, 0.05) is 38.0 Å². The monoisotopic (exact) mass is 406 g/mol. The molecule has 0 radical (unpaired) electrons. The van der Waals surface area contributed by atoms with E-state index >= 15 is 0 Å². The second kappa shape index (κ2) is 7.78. The first-order valence-corrected chi connectivity index (χ1v) is 8.41. The van der Waals surface area contributed by atoms with E-state index in [1.807, 2.05) is 0 Å². The lowest BCUT2D eigenvalue weighted by Gasteiger charge is -2.10. The molecule has 2 aromatic heterocycles. The van der Waals surface area contributed by atoms with Gasteiger partial charge in [-0.25, -0.2) is 0 Å². The Morgan fingerprint density at radius 2 is 1.86 bits per heavy atom. The molecule has 0 saturated heterocycles. The molecule has 29 heavy (non-hydrogen) atoms. The van der Waals surface area contributed by atoms with Crippen LogP contribution in [0.25, 0.3) is 0 Å². The summed E-state index contributed by atoms with van der Waals surface area (Å²) in [5.74, 6) is -1.29. The van der Waals surface area contributed by atoms with E-state index in [-0.39, 0.29) is 23.5 Å². The Bertz CT molecular complexity index is 1050. The zero-order valence-electron chi connectivity index (χ0n) is 15.5. The second-order valence-corrected chi connectivity index (χ2v) is 6.27. The number of rotatable bonds is 5. The molecule has 8 nitrogen and oxygen atoms in total. The molecule has 3 aromatic rings. The van der Waals surface area contributed by atoms with Gasteiger partial charge in [-0.2, -0.15) is 23.4 Å². The number of nitrogens with one attached hydrogen (secondary N) is 2. The normalized spacial score (nSPS) is 11.3. The van der Waals surface area contributed by atoms with Gasteiger partial charge in [-0.15, -0.1) is 0 Å². The first-order chi connectivity index (χ1) is 13.6. The molecule has 2 N–H and O–H groups in total. The van der Waals surface area contributed by atoms with Gasteiger partial charge in [-0.05, 0) is 18.2 Å². The molecule has 11 heteroatoms. The Morgan fingerprint density at radius 3 is 2.52 bits per heavy atom. The van der Waals surface area contributed by atoms with Gasteiger partial charge in [0.15, 0.2) is 0 Å². The Labute approximate surface area is 163 Å². The summed E-state index contributed by atoms with van der Waals surface area (Å²) in [5.41, 5.74) is -0.207. The fourth-order valence-electron chi connectivity index (χ4n) is 2.66. The highest BCUT2D eigenvalue weighted by molar-refractivity contribution is 6.08. The fourth-order valence-corrected chi connectivity index (χ4v) is 2.66. The van der Waals surface area contributed by atoms with Crippen molar-refractivity contribution in [3.8, 4) is 0 Å². The minimum Gasteiger partial charge on any atom is -0.346 e. The van der Waals surface area contributed by atoms with Crippen LogP contribution in [0, 0.1) is 0 Å². The van der Waals surface area contributed by atoms with Crippen LogP contribution in [-0.2, 0) is 26.8 Å². The van der Waals surface area contributed by atoms with E-state index in [1.54, 1.807) is 24.1 Å². The number of aromatic nitrogens is 4. The number of amides is 2. The number of nitrogens with zero attached hydrogens (tertiary/aromatic N) is 4. The van der Waals surface area contributed by atoms with E-state index in [1.165, 1.54) is 24.0 Å². The van der Waals surface area contributed by atoms with Gasteiger partial charge in [0.2, 0.25) is 0 Å². The van der Waals surface area contributed by atoms with Crippen molar-refractivity contribution in [1.82, 2.24) is 24.9 Å². The summed E-state index contributed by atoms with van der Waals surface area (Å²) >= 11 is 0. The van der Waals surface area contributed by atoms with Crippen LogP contribution in [0.4, 0.5) is 18.9 Å². The summed E-state index contributed by atoms with van der Waals surface area (Å²) < 4.78 is 41.4. The summed E-state index contributed by atoms with van der Waals surface area (Å²) in [6.07, 6.45) is 0.0200. The van der Waals surface area contributed by atoms with Gasteiger partial charge in [0.05, 0.1) is 23.6 Å². The first-order valence-electron chi connectivity index (χ1n) is 8.41. The predicted molar refractivity (Wildman–Crippen MR) is 97.0 cm³/mol. The lowest BCUT2D eigenvalue weighted by atomic mass is 10.1. The first kappa shape index (κ1) is 20.1. The molecule has 2 amide bonds. The Hall–Kier alpha value is -3.63. The van der Waals surface area contributed by atoms with Crippen LogP contribution >= 0.6 is 0 Å². The molecule has 0 fully saturated rings. The van der Waals surface area contributed by atoms with Gasteiger partial charge in [0.25, 0.3) is 11.8 Å². The van der Waals surface area contributed by atoms with E-state index < -0.39 is 23.6 Å². The minimum atomic E-state index is -4.57. The van der Waals surface area contributed by atoms with Crippen molar-refractivity contribution in [2.75, 3.05) is 5.32 Å². The Morgan fingerprint density at radius 1 is 1.10 bits per heavy atom. The number of hydrogen-bond donors (Lipinski definition) is 2. The van der Waals surface area contributed by atoms with Gasteiger partial charge >= 0.3 is 6.18 Å². The van der Waals surface area contributed by atoms with Crippen LogP contribution in [-0.4, -0.2) is 31.4 Å². The molecule has 1 aromatic carbocycles. The molecule has 0 saturated carbocycles. The molecular weight excluding hydrogens is 389 g/mol. The maximum atomic E-state index is 12.9. The molecule has 3 rings (SSSR count). The van der Waals surface area contributed by atoms with Crippen molar-refractivity contribution in [2.45, 2.75) is 12.7 Å². The molecule has 2 heterocycles. The molecule has 0 atom stereocenters.